The van der Waals surface area contributed by atoms with Crippen molar-refractivity contribution in [3.05, 3.63) is 59.2 Å². The molecule has 2 aromatic carbocycles. The number of amides is 3. The molecule has 0 radical (unpaired) electrons. The van der Waals surface area contributed by atoms with Gasteiger partial charge in [0.05, 0.1) is 4.90 Å². The van der Waals surface area contributed by atoms with Crippen LogP contribution in [-0.4, -0.2) is 63.4 Å². The third-order valence-electron chi connectivity index (χ3n) is 5.12. The maximum atomic E-state index is 13.0. The van der Waals surface area contributed by atoms with E-state index in [0.717, 1.165) is 5.56 Å². The van der Waals surface area contributed by atoms with Crippen LogP contribution in [0.4, 0.5) is 10.5 Å². The normalized spacial score (nSPS) is 14.4. The average molecular weight is 431 g/mol. The fourth-order valence-corrected chi connectivity index (χ4v) is 4.36. The number of aryl methyl sites for hydroxylation is 2. The van der Waals surface area contributed by atoms with Gasteiger partial charge in [0.25, 0.3) is 15.9 Å². The number of urea groups is 1. The molecule has 3 rings (SSSR count). The minimum atomic E-state index is -3.83. The summed E-state index contributed by atoms with van der Waals surface area (Å²) in [5.41, 5.74) is 2.52. The lowest BCUT2D eigenvalue weighted by molar-refractivity contribution is 0.0665. The van der Waals surface area contributed by atoms with E-state index < -0.39 is 10.0 Å². The Morgan fingerprint density at radius 1 is 0.900 bits per heavy atom. The lowest BCUT2D eigenvalue weighted by atomic mass is 10.1. The molecular weight excluding hydrogens is 404 g/mol. The number of carbonyl (C=O) groups is 2. The first-order valence-electron chi connectivity index (χ1n) is 9.67. The highest BCUT2D eigenvalue weighted by Crippen LogP contribution is 2.21. The number of benzene rings is 2. The fourth-order valence-electron chi connectivity index (χ4n) is 3.28. The number of rotatable bonds is 4. The molecule has 1 fully saturated rings. The van der Waals surface area contributed by atoms with Gasteiger partial charge in [-0.05, 0) is 43.7 Å². The summed E-state index contributed by atoms with van der Waals surface area (Å²) in [6.07, 6.45) is 0. The number of hydrogen-bond donors (Lipinski definition) is 2. The van der Waals surface area contributed by atoms with Crippen molar-refractivity contribution in [1.29, 1.82) is 0 Å². The Morgan fingerprint density at radius 2 is 1.50 bits per heavy atom. The van der Waals surface area contributed by atoms with Crippen LogP contribution in [0.15, 0.2) is 47.4 Å². The molecule has 0 aromatic heterocycles. The zero-order chi connectivity index (χ0) is 21.9. The van der Waals surface area contributed by atoms with E-state index in [2.05, 4.69) is 10.0 Å². The largest absolute Gasteiger partial charge is 0.341 e. The average Bonchev–Trinajstić information content (AvgIpc) is 2.74. The summed E-state index contributed by atoms with van der Waals surface area (Å²) >= 11 is 0. The van der Waals surface area contributed by atoms with E-state index in [9.17, 15) is 18.0 Å². The monoisotopic (exact) mass is 430 g/mol. The Hall–Kier alpha value is -3.07. The molecule has 0 bridgehead atoms. The molecule has 2 aromatic rings. The molecule has 1 aliphatic heterocycles. The Kier molecular flexibility index (Phi) is 6.31. The lowest BCUT2D eigenvalue weighted by Gasteiger charge is -2.34. The van der Waals surface area contributed by atoms with Gasteiger partial charge >= 0.3 is 6.03 Å². The summed E-state index contributed by atoms with van der Waals surface area (Å²) in [7, 11) is -2.27. The predicted octanol–water partition coefficient (Wildman–Crippen LogP) is 2.20. The molecule has 1 saturated heterocycles. The second-order valence-corrected chi connectivity index (χ2v) is 8.97. The Balaban J connectivity index is 1.78. The van der Waals surface area contributed by atoms with Crippen LogP contribution < -0.4 is 10.0 Å². The first kappa shape index (κ1) is 21.6. The maximum absolute atomic E-state index is 13.0. The molecule has 1 heterocycles. The van der Waals surface area contributed by atoms with Crippen LogP contribution >= 0.6 is 0 Å². The highest BCUT2D eigenvalue weighted by molar-refractivity contribution is 7.92. The minimum Gasteiger partial charge on any atom is -0.341 e. The lowest BCUT2D eigenvalue weighted by Crippen LogP contribution is -2.52. The van der Waals surface area contributed by atoms with Crippen molar-refractivity contribution in [3.8, 4) is 0 Å². The fraction of sp³-hybridized carbons (Fsp3) is 0.333. The summed E-state index contributed by atoms with van der Waals surface area (Å²) in [6, 6.07) is 11.4. The van der Waals surface area contributed by atoms with E-state index in [4.69, 9.17) is 0 Å². The van der Waals surface area contributed by atoms with Crippen LogP contribution in [0.25, 0.3) is 0 Å². The molecule has 0 saturated carbocycles. The van der Waals surface area contributed by atoms with Crippen LogP contribution in [0.5, 0.6) is 0 Å². The van der Waals surface area contributed by atoms with Crippen molar-refractivity contribution < 1.29 is 18.0 Å². The van der Waals surface area contributed by atoms with E-state index in [1.165, 1.54) is 12.1 Å². The van der Waals surface area contributed by atoms with E-state index >= 15 is 0 Å². The molecule has 3 amide bonds. The third kappa shape index (κ3) is 4.73. The van der Waals surface area contributed by atoms with Gasteiger partial charge in [0.2, 0.25) is 0 Å². The van der Waals surface area contributed by atoms with Crippen molar-refractivity contribution in [1.82, 2.24) is 15.1 Å². The summed E-state index contributed by atoms with van der Waals surface area (Å²) in [6.45, 7) is 5.34. The molecule has 0 spiro atoms. The number of hydrogen-bond acceptors (Lipinski definition) is 4. The van der Waals surface area contributed by atoms with Gasteiger partial charge in [-0.3, -0.25) is 9.52 Å². The number of nitrogens with one attached hydrogen (secondary N) is 2. The predicted molar refractivity (Wildman–Crippen MR) is 115 cm³/mol. The summed E-state index contributed by atoms with van der Waals surface area (Å²) < 4.78 is 28.2. The van der Waals surface area contributed by atoms with Gasteiger partial charge in [-0.2, -0.15) is 0 Å². The molecule has 0 aliphatic carbocycles. The number of carbonyl (C=O) groups excluding carboxylic acids is 2. The van der Waals surface area contributed by atoms with E-state index in [-0.39, 0.29) is 16.8 Å². The maximum Gasteiger partial charge on any atom is 0.317 e. The summed E-state index contributed by atoms with van der Waals surface area (Å²) in [4.78, 5) is 28.1. The van der Waals surface area contributed by atoms with Crippen molar-refractivity contribution in [2.24, 2.45) is 0 Å². The molecule has 30 heavy (non-hydrogen) atoms. The first-order chi connectivity index (χ1) is 14.2. The Morgan fingerprint density at radius 3 is 2.10 bits per heavy atom. The van der Waals surface area contributed by atoms with E-state index in [1.807, 2.05) is 19.1 Å². The summed E-state index contributed by atoms with van der Waals surface area (Å²) in [5, 5.41) is 2.58. The zero-order valence-corrected chi connectivity index (χ0v) is 18.1. The van der Waals surface area contributed by atoms with Crippen LogP contribution in [0, 0.1) is 13.8 Å². The zero-order valence-electron chi connectivity index (χ0n) is 17.3. The van der Waals surface area contributed by atoms with Gasteiger partial charge in [-0.1, -0.05) is 23.8 Å². The number of piperazine rings is 1. The molecule has 1 aliphatic rings. The molecule has 2 N–H and O–H groups in total. The second-order valence-electron chi connectivity index (χ2n) is 7.28. The van der Waals surface area contributed by atoms with Crippen LogP contribution in [0.2, 0.25) is 0 Å². The van der Waals surface area contributed by atoms with E-state index in [0.29, 0.717) is 43.0 Å². The smallest absolute Gasteiger partial charge is 0.317 e. The number of nitrogens with zero attached hydrogens (tertiary/aromatic N) is 2. The van der Waals surface area contributed by atoms with Gasteiger partial charge in [-0.25, -0.2) is 13.2 Å². The molecule has 8 nitrogen and oxygen atoms in total. The van der Waals surface area contributed by atoms with Crippen molar-refractivity contribution in [2.45, 2.75) is 18.7 Å². The number of anilines is 1. The molecular formula is C21H26N4O4S. The van der Waals surface area contributed by atoms with Gasteiger partial charge in [-0.15, -0.1) is 0 Å². The second kappa shape index (κ2) is 8.74. The Bertz CT molecular complexity index is 1040. The van der Waals surface area contributed by atoms with Crippen molar-refractivity contribution >= 4 is 27.6 Å². The van der Waals surface area contributed by atoms with Gasteiger partial charge in [0.15, 0.2) is 0 Å². The molecule has 0 unspecified atom stereocenters. The Labute approximate surface area is 176 Å². The SMILES string of the molecule is CNC(=O)N1CCN(C(=O)c2cc(S(=O)(=O)Nc3ccc(C)cc3)ccc2C)CC1. The minimum absolute atomic E-state index is 0.0287. The van der Waals surface area contributed by atoms with Gasteiger partial charge in [0, 0.05) is 44.5 Å². The van der Waals surface area contributed by atoms with E-state index in [1.54, 1.807) is 42.0 Å². The molecule has 0 atom stereocenters. The van der Waals surface area contributed by atoms with Crippen molar-refractivity contribution in [2.75, 3.05) is 37.9 Å². The van der Waals surface area contributed by atoms with Crippen molar-refractivity contribution in [3.63, 3.8) is 0 Å². The highest BCUT2D eigenvalue weighted by Gasteiger charge is 2.26. The number of sulfonamides is 1. The summed E-state index contributed by atoms with van der Waals surface area (Å²) in [5.74, 6) is -0.239. The molecule has 9 heteroatoms. The first-order valence-corrected chi connectivity index (χ1v) is 11.2. The van der Waals surface area contributed by atoms with Crippen LogP contribution in [0.1, 0.15) is 21.5 Å². The highest BCUT2D eigenvalue weighted by atomic mass is 32.2. The third-order valence-corrected chi connectivity index (χ3v) is 6.50. The molecule has 160 valence electrons. The van der Waals surface area contributed by atoms with Gasteiger partial charge in [0.1, 0.15) is 0 Å². The quantitative estimate of drug-likeness (QED) is 0.777. The topological polar surface area (TPSA) is 98.8 Å². The van der Waals surface area contributed by atoms with Gasteiger partial charge < -0.3 is 15.1 Å². The standard InChI is InChI=1S/C21H26N4O4S/c1-15-4-7-17(8-5-15)23-30(28,29)18-9-6-16(2)19(14-18)20(26)24-10-12-25(13-11-24)21(27)22-3/h4-9,14,23H,10-13H2,1-3H3,(H,22,27). The van der Waals surface area contributed by atoms with Crippen LogP contribution in [0.3, 0.4) is 0 Å². The van der Waals surface area contributed by atoms with Crippen LogP contribution in [-0.2, 0) is 10.0 Å².